The molecule has 0 radical (unpaired) electrons. The van der Waals surface area contributed by atoms with E-state index in [1.54, 1.807) is 0 Å². The first-order valence-corrected chi connectivity index (χ1v) is 6.05. The summed E-state index contributed by atoms with van der Waals surface area (Å²) in [6.07, 6.45) is 5.74. The van der Waals surface area contributed by atoms with Crippen molar-refractivity contribution in [3.8, 4) is 0 Å². The zero-order valence-corrected chi connectivity index (χ0v) is 8.53. The van der Waals surface area contributed by atoms with Gasteiger partial charge in [-0.05, 0) is 42.9 Å². The fraction of sp³-hybridized carbons (Fsp3) is 1.00. The summed E-state index contributed by atoms with van der Waals surface area (Å²) in [6.45, 7) is 0. The summed E-state index contributed by atoms with van der Waals surface area (Å²) >= 11 is 3.82. The molecule has 0 spiro atoms. The summed E-state index contributed by atoms with van der Waals surface area (Å²) in [5, 5.41) is 0. The van der Waals surface area contributed by atoms with E-state index < -0.39 is 0 Å². The Morgan fingerprint density at radius 3 is 2.92 bits per heavy atom. The van der Waals surface area contributed by atoms with Crippen molar-refractivity contribution in [3.63, 3.8) is 0 Å². The molecule has 4 rings (SSSR count). The number of rotatable bonds is 0. The highest BCUT2D eigenvalue weighted by molar-refractivity contribution is 9.09. The number of hydrogen-bond donors (Lipinski definition) is 0. The van der Waals surface area contributed by atoms with E-state index in [1.165, 1.54) is 19.3 Å². The highest BCUT2D eigenvalue weighted by Gasteiger charge is 2.66. The maximum Gasteiger partial charge on any atom is 0.0875 e. The number of halogens is 1. The topological polar surface area (TPSA) is 12.5 Å². The van der Waals surface area contributed by atoms with Gasteiger partial charge < -0.3 is 4.74 Å². The molecule has 12 heavy (non-hydrogen) atoms. The van der Waals surface area contributed by atoms with Gasteiger partial charge in [0.1, 0.15) is 0 Å². The largest absolute Gasteiger partial charge is 0.369 e. The van der Waals surface area contributed by atoms with E-state index in [0.717, 1.165) is 28.5 Å². The molecule has 3 saturated carbocycles. The van der Waals surface area contributed by atoms with Crippen LogP contribution in [0.3, 0.4) is 0 Å². The van der Waals surface area contributed by atoms with Crippen molar-refractivity contribution in [2.45, 2.75) is 36.3 Å². The molecule has 0 aromatic rings. The van der Waals surface area contributed by atoms with Crippen LogP contribution in [0.5, 0.6) is 0 Å². The quantitative estimate of drug-likeness (QED) is 0.458. The maximum atomic E-state index is 5.65. The normalized spacial score (nSPS) is 71.2. The van der Waals surface area contributed by atoms with Gasteiger partial charge in [-0.2, -0.15) is 0 Å². The van der Waals surface area contributed by atoms with Crippen LogP contribution < -0.4 is 0 Å². The number of hydrogen-bond acceptors (Lipinski definition) is 1. The first-order chi connectivity index (χ1) is 5.84. The standard InChI is InChI=1S/C10H13BrO/c11-7-2-4-1-6(7)9-5(4)3-8-10(9)12-8/h4-10H,1-3H2/t4-,5-,6-,7-,8-,9+,10+/m1/s1. The van der Waals surface area contributed by atoms with Crippen LogP contribution in [0.4, 0.5) is 0 Å². The van der Waals surface area contributed by atoms with Gasteiger partial charge in [-0.25, -0.2) is 0 Å². The predicted octanol–water partition coefficient (Wildman–Crippen LogP) is 2.19. The second-order valence-corrected chi connectivity index (χ2v) is 6.20. The highest BCUT2D eigenvalue weighted by Crippen LogP contribution is 2.65. The predicted molar refractivity (Wildman–Crippen MR) is 49.2 cm³/mol. The Labute approximate surface area is 81.0 Å². The van der Waals surface area contributed by atoms with Crippen molar-refractivity contribution in [2.24, 2.45) is 23.7 Å². The van der Waals surface area contributed by atoms with Crippen molar-refractivity contribution < 1.29 is 4.74 Å². The lowest BCUT2D eigenvalue weighted by atomic mass is 9.81. The van der Waals surface area contributed by atoms with Crippen LogP contribution in [0.2, 0.25) is 0 Å². The van der Waals surface area contributed by atoms with Crippen LogP contribution in [0, 0.1) is 23.7 Å². The van der Waals surface area contributed by atoms with Crippen LogP contribution in [0.1, 0.15) is 19.3 Å². The average Bonchev–Trinajstić information content (AvgIpc) is 2.42. The lowest BCUT2D eigenvalue weighted by Gasteiger charge is -2.29. The van der Waals surface area contributed by atoms with Gasteiger partial charge in [0, 0.05) is 4.83 Å². The first kappa shape index (κ1) is 6.83. The Balaban J connectivity index is 1.74. The minimum atomic E-state index is 0.697. The molecule has 2 heteroatoms. The minimum Gasteiger partial charge on any atom is -0.369 e. The Morgan fingerprint density at radius 1 is 1.08 bits per heavy atom. The van der Waals surface area contributed by atoms with E-state index >= 15 is 0 Å². The van der Waals surface area contributed by atoms with Crippen molar-refractivity contribution in [3.05, 3.63) is 0 Å². The van der Waals surface area contributed by atoms with Crippen molar-refractivity contribution >= 4 is 15.9 Å². The summed E-state index contributed by atoms with van der Waals surface area (Å²) in [4.78, 5) is 0.826. The minimum absolute atomic E-state index is 0.697. The zero-order valence-electron chi connectivity index (χ0n) is 6.95. The monoisotopic (exact) mass is 228 g/mol. The van der Waals surface area contributed by atoms with Crippen LogP contribution in [-0.2, 0) is 4.74 Å². The summed E-state index contributed by atoms with van der Waals surface area (Å²) in [7, 11) is 0. The number of epoxide rings is 1. The van der Waals surface area contributed by atoms with Gasteiger partial charge in [0.2, 0.25) is 0 Å². The molecule has 0 aromatic carbocycles. The van der Waals surface area contributed by atoms with Crippen LogP contribution in [0.15, 0.2) is 0 Å². The zero-order chi connectivity index (χ0) is 7.87. The molecule has 0 N–H and O–H groups in total. The second kappa shape index (κ2) is 1.93. The fourth-order valence-electron chi connectivity index (χ4n) is 4.23. The van der Waals surface area contributed by atoms with Gasteiger partial charge in [0.25, 0.3) is 0 Å². The Kier molecular flexibility index (Phi) is 1.10. The Hall–Kier alpha value is 0.440. The first-order valence-electron chi connectivity index (χ1n) is 5.14. The van der Waals surface area contributed by atoms with E-state index in [-0.39, 0.29) is 0 Å². The fourth-order valence-corrected chi connectivity index (χ4v) is 5.28. The molecule has 4 aliphatic rings. The molecule has 1 aliphatic heterocycles. The summed E-state index contributed by atoms with van der Waals surface area (Å²) in [5.74, 6) is 4.05. The second-order valence-electron chi connectivity index (χ2n) is 5.03. The molecule has 0 aromatic heterocycles. The number of ether oxygens (including phenoxy) is 1. The summed E-state index contributed by atoms with van der Waals surface area (Å²) in [6, 6.07) is 0. The molecule has 0 amide bonds. The Bertz CT molecular complexity index is 242. The molecular weight excluding hydrogens is 216 g/mol. The van der Waals surface area contributed by atoms with E-state index in [9.17, 15) is 0 Å². The van der Waals surface area contributed by atoms with Crippen molar-refractivity contribution in [2.75, 3.05) is 0 Å². The smallest absolute Gasteiger partial charge is 0.0875 e. The van der Waals surface area contributed by atoms with Gasteiger partial charge in [-0.15, -0.1) is 0 Å². The van der Waals surface area contributed by atoms with Gasteiger partial charge >= 0.3 is 0 Å². The average molecular weight is 229 g/mol. The summed E-state index contributed by atoms with van der Waals surface area (Å²) < 4.78 is 5.65. The molecule has 7 atom stereocenters. The van der Waals surface area contributed by atoms with Crippen molar-refractivity contribution in [1.82, 2.24) is 0 Å². The molecule has 3 aliphatic carbocycles. The van der Waals surface area contributed by atoms with Gasteiger partial charge in [-0.3, -0.25) is 0 Å². The molecular formula is C10H13BrO. The molecule has 1 heterocycles. The molecule has 4 fully saturated rings. The van der Waals surface area contributed by atoms with Crippen LogP contribution in [0.25, 0.3) is 0 Å². The number of fused-ring (bicyclic) bond motifs is 7. The van der Waals surface area contributed by atoms with E-state index in [0.29, 0.717) is 12.2 Å². The van der Waals surface area contributed by atoms with Gasteiger partial charge in [-0.1, -0.05) is 15.9 Å². The Morgan fingerprint density at radius 2 is 2.00 bits per heavy atom. The number of alkyl halides is 1. The van der Waals surface area contributed by atoms with Gasteiger partial charge in [0.05, 0.1) is 12.2 Å². The molecule has 0 unspecified atom stereocenters. The summed E-state index contributed by atoms with van der Waals surface area (Å²) in [5.41, 5.74) is 0. The van der Waals surface area contributed by atoms with E-state index in [2.05, 4.69) is 15.9 Å². The lowest BCUT2D eigenvalue weighted by Crippen LogP contribution is -2.28. The molecule has 66 valence electrons. The third kappa shape index (κ3) is 0.630. The van der Waals surface area contributed by atoms with Gasteiger partial charge in [0.15, 0.2) is 0 Å². The molecule has 2 bridgehead atoms. The molecule has 1 saturated heterocycles. The SMILES string of the molecule is Br[C@@H]1C[C@H]2C[C@H]1[C@@H]1[C@@H]2C[C@H]2O[C@H]12. The highest BCUT2D eigenvalue weighted by atomic mass is 79.9. The third-order valence-corrected chi connectivity index (χ3v) is 5.72. The molecule has 1 nitrogen and oxygen atoms in total. The lowest BCUT2D eigenvalue weighted by molar-refractivity contribution is 0.151. The van der Waals surface area contributed by atoms with E-state index in [4.69, 9.17) is 4.74 Å². The van der Waals surface area contributed by atoms with Crippen molar-refractivity contribution in [1.29, 1.82) is 0 Å². The third-order valence-electron chi connectivity index (χ3n) is 4.67. The van der Waals surface area contributed by atoms with Crippen LogP contribution in [-0.4, -0.2) is 17.0 Å². The maximum absolute atomic E-state index is 5.65. The van der Waals surface area contributed by atoms with Crippen LogP contribution >= 0.6 is 15.9 Å². The van der Waals surface area contributed by atoms with E-state index in [1.807, 2.05) is 0 Å².